The molecule has 7 heteroatoms. The number of nitrogens with zero attached hydrogens (tertiary/aromatic N) is 3. The molecular formula is C25H30N4O2S. The van der Waals surface area contributed by atoms with E-state index in [9.17, 15) is 4.79 Å². The monoisotopic (exact) mass is 450 g/mol. The molecule has 1 fully saturated rings. The highest BCUT2D eigenvalue weighted by Gasteiger charge is 2.28. The van der Waals surface area contributed by atoms with Crippen molar-refractivity contribution in [3.8, 4) is 5.75 Å². The van der Waals surface area contributed by atoms with Crippen molar-refractivity contribution < 1.29 is 9.53 Å². The molecule has 3 aromatic rings. The molecule has 1 atom stereocenters. The van der Waals surface area contributed by atoms with Crippen LogP contribution in [0.2, 0.25) is 0 Å². The molecule has 1 aliphatic heterocycles. The Morgan fingerprint density at radius 3 is 2.62 bits per heavy atom. The maximum absolute atomic E-state index is 12.6. The van der Waals surface area contributed by atoms with E-state index in [1.807, 2.05) is 47.6 Å². The van der Waals surface area contributed by atoms with Gasteiger partial charge in [0.2, 0.25) is 0 Å². The van der Waals surface area contributed by atoms with E-state index in [1.54, 1.807) is 18.0 Å². The number of H-pyrrole nitrogens is 1. The van der Waals surface area contributed by atoms with Crippen molar-refractivity contribution in [3.63, 3.8) is 0 Å². The molecular weight excluding hydrogens is 420 g/mol. The molecule has 6 nitrogen and oxygen atoms in total. The highest BCUT2D eigenvalue weighted by molar-refractivity contribution is 7.99. The van der Waals surface area contributed by atoms with E-state index < -0.39 is 0 Å². The van der Waals surface area contributed by atoms with Gasteiger partial charge in [0.1, 0.15) is 5.75 Å². The molecule has 1 amide bonds. The number of amides is 1. The highest BCUT2D eigenvalue weighted by atomic mass is 32.2. The number of nitrogens with one attached hydrogen (secondary N) is 1. The van der Waals surface area contributed by atoms with Crippen molar-refractivity contribution in [3.05, 3.63) is 71.8 Å². The van der Waals surface area contributed by atoms with E-state index in [2.05, 4.69) is 34.9 Å². The third kappa shape index (κ3) is 5.91. The molecule has 3 heterocycles. The quantitative estimate of drug-likeness (QED) is 0.495. The van der Waals surface area contributed by atoms with Crippen LogP contribution in [-0.2, 0) is 12.8 Å². The normalized spacial score (nSPS) is 15.5. The van der Waals surface area contributed by atoms with Gasteiger partial charge in [-0.25, -0.2) is 9.78 Å². The first-order valence-corrected chi connectivity index (χ1v) is 12.1. The van der Waals surface area contributed by atoms with Gasteiger partial charge in [0.15, 0.2) is 5.16 Å². The van der Waals surface area contributed by atoms with Gasteiger partial charge in [-0.15, -0.1) is 0 Å². The Morgan fingerprint density at radius 1 is 1.16 bits per heavy atom. The Hall–Kier alpha value is -2.80. The first kappa shape index (κ1) is 22.4. The molecule has 32 heavy (non-hydrogen) atoms. The van der Waals surface area contributed by atoms with Gasteiger partial charge in [0.05, 0.1) is 0 Å². The zero-order valence-electron chi connectivity index (χ0n) is 18.7. The van der Waals surface area contributed by atoms with E-state index >= 15 is 0 Å². The van der Waals surface area contributed by atoms with Gasteiger partial charge in [-0.1, -0.05) is 36.9 Å². The Labute approximate surface area is 193 Å². The maximum atomic E-state index is 12.6. The lowest BCUT2D eigenvalue weighted by Crippen LogP contribution is -2.41. The molecule has 1 aliphatic rings. The van der Waals surface area contributed by atoms with Crippen LogP contribution in [0.5, 0.6) is 5.75 Å². The zero-order chi connectivity index (χ0) is 22.3. The largest absolute Gasteiger partial charge is 0.415 e. The molecule has 0 spiro atoms. The van der Waals surface area contributed by atoms with Crippen molar-refractivity contribution >= 4 is 17.9 Å². The minimum atomic E-state index is -0.258. The summed E-state index contributed by atoms with van der Waals surface area (Å²) < 4.78 is 5.63. The third-order valence-electron chi connectivity index (χ3n) is 6.13. The number of carbonyl (C=O) groups excluding carboxylic acids is 1. The standard InChI is InChI=1S/C25H30N4O2S/c1-18-4-3-13-26-23(18)10-7-20-5-8-22(9-6-20)31-25(30)29-16-11-21(12-17-29)19(2)32-24-27-14-15-28-24/h3-6,8-9,13-15,19,21H,7,10-12,16-17H2,1-2H3,(H,27,28). The van der Waals surface area contributed by atoms with E-state index in [0.717, 1.165) is 49.6 Å². The topological polar surface area (TPSA) is 71.1 Å². The van der Waals surface area contributed by atoms with Crippen molar-refractivity contribution in [2.24, 2.45) is 5.92 Å². The van der Waals surface area contributed by atoms with Crippen molar-refractivity contribution in [2.45, 2.75) is 49.9 Å². The van der Waals surface area contributed by atoms with E-state index in [4.69, 9.17) is 4.74 Å². The molecule has 1 N–H and O–H groups in total. The predicted octanol–water partition coefficient (Wildman–Crippen LogP) is 5.29. The summed E-state index contributed by atoms with van der Waals surface area (Å²) in [7, 11) is 0. The number of carbonyl (C=O) groups is 1. The number of rotatable bonds is 7. The number of ether oxygens (including phenoxy) is 1. The van der Waals surface area contributed by atoms with Gasteiger partial charge in [0.25, 0.3) is 0 Å². The molecule has 1 unspecified atom stereocenters. The number of benzene rings is 1. The Morgan fingerprint density at radius 2 is 1.94 bits per heavy atom. The lowest BCUT2D eigenvalue weighted by molar-refractivity contribution is 0.131. The highest BCUT2D eigenvalue weighted by Crippen LogP contribution is 2.32. The van der Waals surface area contributed by atoms with Crippen LogP contribution < -0.4 is 4.74 Å². The molecule has 0 radical (unpaired) electrons. The number of aryl methyl sites for hydroxylation is 3. The van der Waals surface area contributed by atoms with Gasteiger partial charge in [-0.05, 0) is 67.9 Å². The van der Waals surface area contributed by atoms with Gasteiger partial charge in [-0.3, -0.25) is 4.98 Å². The number of hydrogen-bond donors (Lipinski definition) is 1. The second-order valence-electron chi connectivity index (χ2n) is 8.32. The number of pyridine rings is 1. The van der Waals surface area contributed by atoms with Crippen LogP contribution in [0.15, 0.2) is 60.1 Å². The van der Waals surface area contributed by atoms with Crippen LogP contribution >= 0.6 is 11.8 Å². The van der Waals surface area contributed by atoms with Gasteiger partial charge in [-0.2, -0.15) is 0 Å². The van der Waals surface area contributed by atoms with Gasteiger partial charge in [0, 0.05) is 42.6 Å². The average molecular weight is 451 g/mol. The summed E-state index contributed by atoms with van der Waals surface area (Å²) in [5.74, 6) is 1.16. The SMILES string of the molecule is Cc1cccnc1CCc1ccc(OC(=O)N2CCC(C(C)Sc3ncc[nH]3)CC2)cc1. The smallest absolute Gasteiger partial charge is 0.410 e. The number of thioether (sulfide) groups is 1. The minimum absolute atomic E-state index is 0.258. The van der Waals surface area contributed by atoms with E-state index in [0.29, 0.717) is 16.9 Å². The fourth-order valence-electron chi connectivity index (χ4n) is 4.07. The number of aromatic nitrogens is 3. The molecule has 168 valence electrons. The molecule has 1 saturated heterocycles. The number of aromatic amines is 1. The predicted molar refractivity (Wildman–Crippen MR) is 127 cm³/mol. The van der Waals surface area contributed by atoms with E-state index in [-0.39, 0.29) is 6.09 Å². The fraction of sp³-hybridized carbons (Fsp3) is 0.400. The maximum Gasteiger partial charge on any atom is 0.415 e. The summed E-state index contributed by atoms with van der Waals surface area (Å²) in [6, 6.07) is 11.9. The van der Waals surface area contributed by atoms with Crippen LogP contribution in [0.25, 0.3) is 0 Å². The first-order chi connectivity index (χ1) is 15.6. The van der Waals surface area contributed by atoms with Crippen molar-refractivity contribution in [1.82, 2.24) is 19.9 Å². The Bertz CT molecular complexity index is 999. The summed E-state index contributed by atoms with van der Waals surface area (Å²) in [5, 5.41) is 1.42. The summed E-state index contributed by atoms with van der Waals surface area (Å²) in [5.41, 5.74) is 3.55. The Balaban J connectivity index is 1.22. The summed E-state index contributed by atoms with van der Waals surface area (Å²) in [6.07, 6.45) is 8.98. The van der Waals surface area contributed by atoms with E-state index in [1.165, 1.54) is 11.1 Å². The van der Waals surface area contributed by atoms with Crippen LogP contribution in [0.3, 0.4) is 0 Å². The number of imidazole rings is 1. The molecule has 4 rings (SSSR count). The van der Waals surface area contributed by atoms with Crippen molar-refractivity contribution in [2.75, 3.05) is 13.1 Å². The van der Waals surface area contributed by atoms with Gasteiger partial charge >= 0.3 is 6.09 Å². The molecule has 0 saturated carbocycles. The lowest BCUT2D eigenvalue weighted by atomic mass is 9.94. The zero-order valence-corrected chi connectivity index (χ0v) is 19.5. The fourth-order valence-corrected chi connectivity index (χ4v) is 5.15. The van der Waals surface area contributed by atoms with Crippen LogP contribution in [0, 0.1) is 12.8 Å². The second-order valence-corrected chi connectivity index (χ2v) is 9.69. The average Bonchev–Trinajstić information content (AvgIpc) is 3.32. The summed E-state index contributed by atoms with van der Waals surface area (Å²) in [4.78, 5) is 26.3. The third-order valence-corrected chi connectivity index (χ3v) is 7.33. The summed E-state index contributed by atoms with van der Waals surface area (Å²) >= 11 is 1.77. The summed E-state index contributed by atoms with van der Waals surface area (Å²) in [6.45, 7) is 5.79. The van der Waals surface area contributed by atoms with Crippen molar-refractivity contribution in [1.29, 1.82) is 0 Å². The number of piperidine rings is 1. The molecule has 0 bridgehead atoms. The van der Waals surface area contributed by atoms with Crippen LogP contribution in [0.1, 0.15) is 36.6 Å². The Kier molecular flexibility index (Phi) is 7.47. The second kappa shape index (κ2) is 10.7. The number of hydrogen-bond acceptors (Lipinski definition) is 5. The first-order valence-electron chi connectivity index (χ1n) is 11.2. The van der Waals surface area contributed by atoms with Crippen LogP contribution in [0.4, 0.5) is 4.79 Å². The lowest BCUT2D eigenvalue weighted by Gasteiger charge is -2.33. The molecule has 2 aromatic heterocycles. The molecule has 0 aliphatic carbocycles. The van der Waals surface area contributed by atoms with Gasteiger partial charge < -0.3 is 14.6 Å². The molecule has 1 aromatic carbocycles. The minimum Gasteiger partial charge on any atom is -0.410 e. The number of likely N-dealkylation sites (tertiary alicyclic amines) is 1. The van der Waals surface area contributed by atoms with Crippen LogP contribution in [-0.4, -0.2) is 44.3 Å².